The molecule has 4 rings (SSSR count). The van der Waals surface area contributed by atoms with E-state index in [1.165, 1.54) is 0 Å². The average Bonchev–Trinajstić information content (AvgIpc) is 3.34. The van der Waals surface area contributed by atoms with Gasteiger partial charge in [-0.25, -0.2) is 0 Å². The molecule has 1 aliphatic carbocycles. The molecule has 1 saturated heterocycles. The summed E-state index contributed by atoms with van der Waals surface area (Å²) in [5.41, 5.74) is 2.61. The molecule has 0 bridgehead atoms. The van der Waals surface area contributed by atoms with Crippen LogP contribution in [-0.4, -0.2) is 30.8 Å². The topological polar surface area (TPSA) is 58.7 Å². The fourth-order valence-corrected chi connectivity index (χ4v) is 2.70. The fourth-order valence-electron chi connectivity index (χ4n) is 2.70. The molecule has 0 radical (unpaired) electrons. The van der Waals surface area contributed by atoms with Gasteiger partial charge in [0.1, 0.15) is 0 Å². The summed E-state index contributed by atoms with van der Waals surface area (Å²) >= 11 is 0. The van der Waals surface area contributed by atoms with Crippen LogP contribution in [0.4, 0.5) is 5.69 Å². The molecule has 1 N–H and O–H groups in total. The summed E-state index contributed by atoms with van der Waals surface area (Å²) in [6.07, 6.45) is 0.211. The van der Waals surface area contributed by atoms with Crippen molar-refractivity contribution in [2.75, 3.05) is 18.5 Å². The summed E-state index contributed by atoms with van der Waals surface area (Å²) in [6, 6.07) is 12.3. The maximum Gasteiger partial charge on any atom is 0.196 e. The van der Waals surface area contributed by atoms with Crippen LogP contribution in [0.25, 0.3) is 0 Å². The van der Waals surface area contributed by atoms with Crippen LogP contribution in [0, 0.1) is 0 Å². The first-order valence-electron chi connectivity index (χ1n) is 6.92. The van der Waals surface area contributed by atoms with Crippen molar-refractivity contribution in [2.24, 2.45) is 0 Å². The second-order valence-corrected chi connectivity index (χ2v) is 5.27. The lowest BCUT2D eigenvalue weighted by Crippen LogP contribution is -2.23. The molecular formula is C17H13NO3. The first-order chi connectivity index (χ1) is 10.3. The van der Waals surface area contributed by atoms with Crippen molar-refractivity contribution < 1.29 is 14.3 Å². The van der Waals surface area contributed by atoms with Gasteiger partial charge in [0.2, 0.25) is 0 Å². The third-order valence-electron chi connectivity index (χ3n) is 3.88. The van der Waals surface area contributed by atoms with E-state index in [1.54, 1.807) is 36.4 Å². The summed E-state index contributed by atoms with van der Waals surface area (Å²) < 4.78 is 5.16. The van der Waals surface area contributed by atoms with Gasteiger partial charge in [0.15, 0.2) is 11.6 Å². The van der Waals surface area contributed by atoms with Crippen LogP contribution in [0.3, 0.4) is 0 Å². The van der Waals surface area contributed by atoms with E-state index in [1.807, 2.05) is 6.07 Å². The van der Waals surface area contributed by atoms with E-state index in [4.69, 9.17) is 4.74 Å². The van der Waals surface area contributed by atoms with Crippen molar-refractivity contribution in [3.63, 3.8) is 0 Å². The van der Waals surface area contributed by atoms with Gasteiger partial charge in [-0.05, 0) is 6.07 Å². The Morgan fingerprint density at radius 2 is 1.62 bits per heavy atom. The van der Waals surface area contributed by atoms with Crippen molar-refractivity contribution >= 4 is 17.3 Å². The molecule has 4 nitrogen and oxygen atoms in total. The SMILES string of the molecule is O=C1c2ccccc2C(=O)c2c(NC[C@H]3CO3)cccc21. The Labute approximate surface area is 121 Å². The van der Waals surface area contributed by atoms with Crippen LogP contribution >= 0.6 is 0 Å². The molecule has 0 amide bonds. The highest BCUT2D eigenvalue weighted by molar-refractivity contribution is 6.30. The van der Waals surface area contributed by atoms with Gasteiger partial charge < -0.3 is 10.1 Å². The van der Waals surface area contributed by atoms with Crippen LogP contribution in [0.2, 0.25) is 0 Å². The Bertz CT molecular complexity index is 762. The van der Waals surface area contributed by atoms with Crippen LogP contribution in [-0.2, 0) is 4.74 Å². The molecular weight excluding hydrogens is 266 g/mol. The second-order valence-electron chi connectivity index (χ2n) is 5.27. The van der Waals surface area contributed by atoms with Gasteiger partial charge in [-0.2, -0.15) is 0 Å². The maximum atomic E-state index is 12.7. The molecule has 0 spiro atoms. The third-order valence-corrected chi connectivity index (χ3v) is 3.88. The smallest absolute Gasteiger partial charge is 0.196 e. The van der Waals surface area contributed by atoms with Gasteiger partial charge in [0, 0.05) is 28.9 Å². The van der Waals surface area contributed by atoms with E-state index in [0.29, 0.717) is 34.5 Å². The first kappa shape index (κ1) is 12.3. The number of anilines is 1. The number of benzene rings is 2. The second kappa shape index (κ2) is 4.53. The number of ketones is 2. The zero-order valence-corrected chi connectivity index (χ0v) is 11.3. The van der Waals surface area contributed by atoms with Crippen molar-refractivity contribution in [3.8, 4) is 0 Å². The van der Waals surface area contributed by atoms with Gasteiger partial charge in [0.05, 0.1) is 18.3 Å². The Kier molecular flexibility index (Phi) is 2.65. The van der Waals surface area contributed by atoms with E-state index in [9.17, 15) is 9.59 Å². The normalized spacial score (nSPS) is 19.0. The zero-order chi connectivity index (χ0) is 14.4. The lowest BCUT2D eigenvalue weighted by Gasteiger charge is -2.20. The van der Waals surface area contributed by atoms with E-state index >= 15 is 0 Å². The fraction of sp³-hybridized carbons (Fsp3) is 0.176. The highest BCUT2D eigenvalue weighted by Crippen LogP contribution is 2.32. The van der Waals surface area contributed by atoms with Gasteiger partial charge in [0.25, 0.3) is 0 Å². The van der Waals surface area contributed by atoms with E-state index < -0.39 is 0 Å². The minimum atomic E-state index is -0.0972. The van der Waals surface area contributed by atoms with Crippen LogP contribution in [0.1, 0.15) is 31.8 Å². The number of carbonyl (C=O) groups excluding carboxylic acids is 2. The van der Waals surface area contributed by atoms with E-state index in [-0.39, 0.29) is 17.7 Å². The average molecular weight is 279 g/mol. The van der Waals surface area contributed by atoms with Gasteiger partial charge >= 0.3 is 0 Å². The Hall–Kier alpha value is -2.46. The summed E-state index contributed by atoms with van der Waals surface area (Å²) in [6.45, 7) is 1.40. The molecule has 1 fully saturated rings. The van der Waals surface area contributed by atoms with Gasteiger partial charge in [-0.1, -0.05) is 36.4 Å². The number of rotatable bonds is 3. The molecule has 4 heteroatoms. The third kappa shape index (κ3) is 1.96. The van der Waals surface area contributed by atoms with Crippen molar-refractivity contribution in [2.45, 2.75) is 6.10 Å². The summed E-state index contributed by atoms with van der Waals surface area (Å²) in [4.78, 5) is 25.3. The maximum absolute atomic E-state index is 12.7. The number of ether oxygens (including phenoxy) is 1. The molecule has 1 heterocycles. The van der Waals surface area contributed by atoms with Gasteiger partial charge in [-0.15, -0.1) is 0 Å². The molecule has 0 aromatic heterocycles. The Balaban J connectivity index is 1.81. The minimum absolute atomic E-state index is 0.0912. The molecule has 21 heavy (non-hydrogen) atoms. The summed E-state index contributed by atoms with van der Waals surface area (Å²) in [7, 11) is 0. The quantitative estimate of drug-likeness (QED) is 0.747. The molecule has 104 valence electrons. The van der Waals surface area contributed by atoms with Crippen molar-refractivity contribution in [1.29, 1.82) is 0 Å². The molecule has 2 aromatic rings. The molecule has 0 unspecified atom stereocenters. The molecule has 1 aliphatic heterocycles. The molecule has 0 saturated carbocycles. The monoisotopic (exact) mass is 279 g/mol. The lowest BCUT2D eigenvalue weighted by molar-refractivity contribution is 0.0979. The largest absolute Gasteiger partial charge is 0.382 e. The highest BCUT2D eigenvalue weighted by Gasteiger charge is 2.31. The Morgan fingerprint density at radius 3 is 2.33 bits per heavy atom. The number of epoxide rings is 1. The summed E-state index contributed by atoms with van der Waals surface area (Å²) in [5.74, 6) is -0.188. The number of hydrogen-bond donors (Lipinski definition) is 1. The number of hydrogen-bond acceptors (Lipinski definition) is 4. The highest BCUT2D eigenvalue weighted by atomic mass is 16.6. The molecule has 1 atom stereocenters. The summed E-state index contributed by atoms with van der Waals surface area (Å²) in [5, 5.41) is 3.22. The number of carbonyl (C=O) groups is 2. The zero-order valence-electron chi connectivity index (χ0n) is 11.3. The lowest BCUT2D eigenvalue weighted by atomic mass is 9.83. The predicted octanol–water partition coefficient (Wildman–Crippen LogP) is 2.27. The van der Waals surface area contributed by atoms with E-state index in [2.05, 4.69) is 5.32 Å². The van der Waals surface area contributed by atoms with Gasteiger partial charge in [-0.3, -0.25) is 9.59 Å². The first-order valence-corrected chi connectivity index (χ1v) is 6.92. The van der Waals surface area contributed by atoms with Crippen molar-refractivity contribution in [3.05, 3.63) is 64.7 Å². The number of fused-ring (bicyclic) bond motifs is 2. The molecule has 2 aromatic carbocycles. The predicted molar refractivity (Wildman–Crippen MR) is 78.0 cm³/mol. The van der Waals surface area contributed by atoms with E-state index in [0.717, 1.165) is 6.61 Å². The number of nitrogens with one attached hydrogen (secondary N) is 1. The Morgan fingerprint density at radius 1 is 0.952 bits per heavy atom. The standard InChI is InChI=1S/C17H13NO3/c19-16-11-4-1-2-5-12(11)17(20)15-13(16)6-3-7-14(15)18-8-10-9-21-10/h1-7,10,18H,8-9H2/t10-/m0/s1. The molecule has 2 aliphatic rings. The van der Waals surface area contributed by atoms with Crippen LogP contribution in [0.15, 0.2) is 42.5 Å². The van der Waals surface area contributed by atoms with Crippen LogP contribution in [0.5, 0.6) is 0 Å². The minimum Gasteiger partial charge on any atom is -0.382 e. The van der Waals surface area contributed by atoms with Crippen LogP contribution < -0.4 is 5.32 Å². The van der Waals surface area contributed by atoms with Crippen molar-refractivity contribution in [1.82, 2.24) is 0 Å².